The number of benzene rings is 2. The zero-order chi connectivity index (χ0) is 15.0. The Kier molecular flexibility index (Phi) is 4.15. The van der Waals surface area contributed by atoms with Gasteiger partial charge in [-0.05, 0) is 35.9 Å². The molecule has 1 fully saturated rings. The summed E-state index contributed by atoms with van der Waals surface area (Å²) in [5.41, 5.74) is 1.45. The van der Waals surface area contributed by atoms with Crippen molar-refractivity contribution in [1.29, 1.82) is 0 Å². The normalized spacial score (nSPS) is 18.3. The van der Waals surface area contributed by atoms with E-state index in [0.717, 1.165) is 10.0 Å². The van der Waals surface area contributed by atoms with Gasteiger partial charge in [-0.15, -0.1) is 11.8 Å². The monoisotopic (exact) mass is 383 g/mol. The third-order valence-electron chi connectivity index (χ3n) is 3.20. The van der Waals surface area contributed by atoms with Gasteiger partial charge in [-0.2, -0.15) is 0 Å². The Morgan fingerprint density at radius 3 is 2.86 bits per heavy atom. The second-order valence-electron chi connectivity index (χ2n) is 4.62. The van der Waals surface area contributed by atoms with E-state index < -0.39 is 0 Å². The van der Waals surface area contributed by atoms with Crippen LogP contribution < -0.4 is 4.90 Å². The summed E-state index contributed by atoms with van der Waals surface area (Å²) in [4.78, 5) is 13.9. The summed E-state index contributed by atoms with van der Waals surface area (Å²) in [6.07, 6.45) is 0. The van der Waals surface area contributed by atoms with Crippen LogP contribution in [0.4, 0.5) is 5.69 Å². The molecule has 0 aromatic heterocycles. The van der Waals surface area contributed by atoms with Gasteiger partial charge in [0.1, 0.15) is 11.1 Å². The van der Waals surface area contributed by atoms with Gasteiger partial charge in [0.2, 0.25) is 5.91 Å². The molecule has 6 heteroatoms. The lowest BCUT2D eigenvalue weighted by molar-refractivity contribution is -0.115. The average molecular weight is 385 g/mol. The summed E-state index contributed by atoms with van der Waals surface area (Å²) in [5, 5.41) is 10.4. The Balaban J connectivity index is 2.06. The number of carbonyl (C=O) groups is 1. The first-order valence-corrected chi connectivity index (χ1v) is 8.46. The lowest BCUT2D eigenvalue weighted by Crippen LogP contribution is -2.27. The Bertz CT molecular complexity index is 710. The number of hydrogen-bond acceptors (Lipinski definition) is 3. The maximum absolute atomic E-state index is 12.2. The van der Waals surface area contributed by atoms with Crippen molar-refractivity contribution >= 4 is 50.9 Å². The lowest BCUT2D eigenvalue weighted by Gasteiger charge is -2.25. The van der Waals surface area contributed by atoms with Crippen molar-refractivity contribution in [1.82, 2.24) is 0 Å². The minimum absolute atomic E-state index is 0.0393. The summed E-state index contributed by atoms with van der Waals surface area (Å²) in [5.74, 6) is 0.390. The van der Waals surface area contributed by atoms with Crippen molar-refractivity contribution in [3.63, 3.8) is 0 Å². The van der Waals surface area contributed by atoms with Crippen molar-refractivity contribution in [2.45, 2.75) is 5.37 Å². The third-order valence-corrected chi connectivity index (χ3v) is 5.14. The number of carbonyl (C=O) groups excluding carboxylic acids is 1. The van der Waals surface area contributed by atoms with Gasteiger partial charge in [0, 0.05) is 9.50 Å². The summed E-state index contributed by atoms with van der Waals surface area (Å²) < 4.78 is 0.954. The van der Waals surface area contributed by atoms with Gasteiger partial charge in [0.15, 0.2) is 0 Å². The Hall–Kier alpha value is -1.17. The average Bonchev–Trinajstić information content (AvgIpc) is 2.83. The first-order chi connectivity index (χ1) is 10.1. The molecule has 1 aliphatic heterocycles. The molecule has 0 aliphatic carbocycles. The number of phenolic OH excluding ortho intramolecular Hbond substituents is 1. The highest BCUT2D eigenvalue weighted by molar-refractivity contribution is 9.10. The number of halogens is 2. The SMILES string of the molecule is O=C1CS[C@@H](c2cccc(Br)c2)N1c1cc(Cl)ccc1O. The molecule has 21 heavy (non-hydrogen) atoms. The number of rotatable bonds is 2. The number of thioether (sulfide) groups is 1. The zero-order valence-corrected chi connectivity index (χ0v) is 14.0. The largest absolute Gasteiger partial charge is 0.506 e. The molecule has 2 aromatic rings. The predicted molar refractivity (Wildman–Crippen MR) is 89.9 cm³/mol. The fourth-order valence-corrected chi connectivity index (χ4v) is 4.02. The fraction of sp³-hybridized carbons (Fsp3) is 0.133. The van der Waals surface area contributed by atoms with E-state index in [0.29, 0.717) is 16.5 Å². The number of amides is 1. The number of hydrogen-bond donors (Lipinski definition) is 1. The molecule has 0 unspecified atom stereocenters. The smallest absolute Gasteiger partial charge is 0.238 e. The van der Waals surface area contributed by atoms with Crippen molar-refractivity contribution in [3.05, 3.63) is 57.5 Å². The molecule has 0 saturated carbocycles. The summed E-state index contributed by atoms with van der Waals surface area (Å²) in [7, 11) is 0. The lowest BCUT2D eigenvalue weighted by atomic mass is 10.2. The molecule has 1 atom stereocenters. The molecular formula is C15H11BrClNO2S. The van der Waals surface area contributed by atoms with Crippen LogP contribution in [0.1, 0.15) is 10.9 Å². The van der Waals surface area contributed by atoms with Crippen LogP contribution in [0.15, 0.2) is 46.9 Å². The molecule has 1 saturated heterocycles. The van der Waals surface area contributed by atoms with Gasteiger partial charge in [-0.3, -0.25) is 9.69 Å². The second-order valence-corrected chi connectivity index (χ2v) is 7.04. The molecular weight excluding hydrogens is 374 g/mol. The van der Waals surface area contributed by atoms with E-state index in [9.17, 15) is 9.90 Å². The van der Waals surface area contributed by atoms with Gasteiger partial charge in [0.25, 0.3) is 0 Å². The third kappa shape index (κ3) is 2.91. The Morgan fingerprint density at radius 1 is 1.29 bits per heavy atom. The number of anilines is 1. The highest BCUT2D eigenvalue weighted by Crippen LogP contribution is 2.45. The van der Waals surface area contributed by atoms with Gasteiger partial charge in [-0.1, -0.05) is 39.7 Å². The van der Waals surface area contributed by atoms with Gasteiger partial charge < -0.3 is 5.11 Å². The molecule has 2 aromatic carbocycles. The molecule has 1 N–H and O–H groups in total. The molecule has 0 radical (unpaired) electrons. The first-order valence-electron chi connectivity index (χ1n) is 6.24. The summed E-state index contributed by atoms with van der Waals surface area (Å²) in [6.45, 7) is 0. The van der Waals surface area contributed by atoms with Crippen LogP contribution in [0.2, 0.25) is 5.02 Å². The van der Waals surface area contributed by atoms with E-state index in [2.05, 4.69) is 15.9 Å². The quantitative estimate of drug-likeness (QED) is 0.823. The first kappa shape index (κ1) is 14.8. The van der Waals surface area contributed by atoms with E-state index in [1.165, 1.54) is 17.8 Å². The molecule has 1 heterocycles. The number of aromatic hydroxyl groups is 1. The van der Waals surface area contributed by atoms with Crippen LogP contribution >= 0.6 is 39.3 Å². The van der Waals surface area contributed by atoms with Crippen LogP contribution in [0, 0.1) is 0 Å². The fourth-order valence-electron chi connectivity index (χ4n) is 2.28. The Morgan fingerprint density at radius 2 is 2.10 bits per heavy atom. The molecule has 1 amide bonds. The van der Waals surface area contributed by atoms with E-state index in [1.807, 2.05) is 24.3 Å². The van der Waals surface area contributed by atoms with Crippen LogP contribution in [0.3, 0.4) is 0 Å². The standard InChI is InChI=1S/C15H11BrClNO2S/c16-10-3-1-2-9(6-10)15-18(14(20)8-21-15)12-7-11(17)4-5-13(12)19/h1-7,15,19H,8H2/t15-/m0/s1. The van der Waals surface area contributed by atoms with E-state index >= 15 is 0 Å². The highest BCUT2D eigenvalue weighted by atomic mass is 79.9. The van der Waals surface area contributed by atoms with Gasteiger partial charge in [-0.25, -0.2) is 0 Å². The van der Waals surface area contributed by atoms with Gasteiger partial charge in [0.05, 0.1) is 11.4 Å². The number of nitrogens with zero attached hydrogens (tertiary/aromatic N) is 1. The molecule has 3 rings (SSSR count). The second kappa shape index (κ2) is 5.91. The molecule has 0 spiro atoms. The maximum atomic E-state index is 12.2. The Labute approximate surface area is 140 Å². The van der Waals surface area contributed by atoms with Crippen LogP contribution in [0.5, 0.6) is 5.75 Å². The molecule has 3 nitrogen and oxygen atoms in total. The zero-order valence-electron chi connectivity index (χ0n) is 10.8. The highest BCUT2D eigenvalue weighted by Gasteiger charge is 2.35. The molecule has 1 aliphatic rings. The topological polar surface area (TPSA) is 40.5 Å². The van der Waals surface area contributed by atoms with Crippen molar-refractivity contribution in [2.24, 2.45) is 0 Å². The maximum Gasteiger partial charge on any atom is 0.238 e. The van der Waals surface area contributed by atoms with Crippen molar-refractivity contribution < 1.29 is 9.90 Å². The summed E-state index contributed by atoms with van der Waals surface area (Å²) in [6, 6.07) is 12.5. The van der Waals surface area contributed by atoms with Crippen molar-refractivity contribution in [2.75, 3.05) is 10.7 Å². The summed E-state index contributed by atoms with van der Waals surface area (Å²) >= 11 is 11.0. The molecule has 108 valence electrons. The van der Waals surface area contributed by atoms with Crippen LogP contribution in [-0.2, 0) is 4.79 Å². The van der Waals surface area contributed by atoms with Gasteiger partial charge >= 0.3 is 0 Å². The van der Waals surface area contributed by atoms with Crippen LogP contribution in [0.25, 0.3) is 0 Å². The van der Waals surface area contributed by atoms with Crippen LogP contribution in [-0.4, -0.2) is 16.8 Å². The minimum Gasteiger partial charge on any atom is -0.506 e. The van der Waals surface area contributed by atoms with E-state index in [-0.39, 0.29) is 17.0 Å². The predicted octanol–water partition coefficient (Wildman–Crippen LogP) is 4.59. The minimum atomic E-state index is -0.167. The van der Waals surface area contributed by atoms with Crippen molar-refractivity contribution in [3.8, 4) is 5.75 Å². The van der Waals surface area contributed by atoms with E-state index in [1.54, 1.807) is 17.0 Å². The van der Waals surface area contributed by atoms with E-state index in [4.69, 9.17) is 11.6 Å². The number of phenols is 1. The molecule has 0 bridgehead atoms.